The average Bonchev–Trinajstić information content (AvgIpc) is 1.34. The second-order valence-electron chi connectivity index (χ2n) is 21.3. The van der Waals surface area contributed by atoms with Gasteiger partial charge in [0, 0.05) is 178 Å². The first-order chi connectivity index (χ1) is 49.3. The van der Waals surface area contributed by atoms with Gasteiger partial charge in [0.25, 0.3) is 18.1 Å². The minimum Gasteiger partial charge on any atom is -0.494 e. The van der Waals surface area contributed by atoms with Gasteiger partial charge in [-0.1, -0.05) is 29.8 Å². The van der Waals surface area contributed by atoms with Gasteiger partial charge in [0.2, 0.25) is 0 Å². The summed E-state index contributed by atoms with van der Waals surface area (Å²) in [7, 11) is 16.3. The van der Waals surface area contributed by atoms with Crippen LogP contribution in [0.2, 0.25) is 5.15 Å². The summed E-state index contributed by atoms with van der Waals surface area (Å²) < 4.78 is 37.1. The zero-order valence-corrected chi connectivity index (χ0v) is 61.8. The van der Waals surface area contributed by atoms with Crippen molar-refractivity contribution in [1.82, 2.24) is 85.9 Å². The molecular weight excluding hydrogens is 1390 g/mol. The number of carbonyl (C=O) groups is 6. The summed E-state index contributed by atoms with van der Waals surface area (Å²) in [5.74, 6) is 2.48. The van der Waals surface area contributed by atoms with Gasteiger partial charge in [0.1, 0.15) is 25.0 Å². The van der Waals surface area contributed by atoms with Crippen molar-refractivity contribution in [3.8, 4) is 34.8 Å². The highest BCUT2D eigenvalue weighted by molar-refractivity contribution is 6.29. The summed E-state index contributed by atoms with van der Waals surface area (Å²) in [6.45, 7) is 12.0. The molecular formula is C64H95Cl3N22O13. The molecule has 8 amide bonds. The molecule has 0 spiro atoms. The number of anilines is 5. The van der Waals surface area contributed by atoms with Gasteiger partial charge in [-0.05, 0) is 43.5 Å². The van der Waals surface area contributed by atoms with Gasteiger partial charge in [0.05, 0.1) is 62.0 Å². The highest BCUT2D eigenvalue weighted by Gasteiger charge is 2.32. The normalized spacial score (nSPS) is 12.5. The molecule has 102 heavy (non-hydrogen) atoms. The lowest BCUT2D eigenvalue weighted by molar-refractivity contribution is -0.119. The minimum absolute atomic E-state index is 0.0250. The van der Waals surface area contributed by atoms with Gasteiger partial charge in [-0.2, -0.15) is 15.5 Å². The van der Waals surface area contributed by atoms with Crippen molar-refractivity contribution >= 4 is 99.1 Å². The van der Waals surface area contributed by atoms with E-state index < -0.39 is 11.8 Å². The number of halogens is 3. The van der Waals surface area contributed by atoms with Crippen molar-refractivity contribution in [2.45, 2.75) is 32.6 Å². The van der Waals surface area contributed by atoms with E-state index in [1.54, 1.807) is 103 Å². The highest BCUT2D eigenvalue weighted by Crippen LogP contribution is 2.37. The number of rotatable bonds is 30. The highest BCUT2D eigenvalue weighted by atomic mass is 35.5. The van der Waals surface area contributed by atoms with Gasteiger partial charge in [0.15, 0.2) is 39.8 Å². The maximum atomic E-state index is 12.8. The molecule has 35 nitrogen and oxygen atoms in total. The van der Waals surface area contributed by atoms with Crippen molar-refractivity contribution in [1.29, 1.82) is 5.26 Å². The molecule has 3 fully saturated rings. The van der Waals surface area contributed by atoms with Gasteiger partial charge in [-0.3, -0.25) is 28.6 Å². The number of amides is 8. The number of Topliss-reactive ketones (excluding diaryl/α,β-unsaturated/α-hetero) is 1. The fourth-order valence-corrected chi connectivity index (χ4v) is 9.32. The van der Waals surface area contributed by atoms with Crippen LogP contribution in [0.3, 0.4) is 0 Å². The minimum atomic E-state index is -0.392. The molecule has 0 bridgehead atoms. The molecule has 3 saturated heterocycles. The zero-order valence-electron chi connectivity index (χ0n) is 59.6. The Kier molecular flexibility index (Phi) is 42.6. The second kappa shape index (κ2) is 50.0. The number of methoxy groups -OCH3 is 6. The first kappa shape index (κ1) is 86.8. The van der Waals surface area contributed by atoms with Gasteiger partial charge >= 0.3 is 18.1 Å². The Morgan fingerprint density at radius 1 is 0.618 bits per heavy atom. The molecule has 2 aromatic carbocycles. The number of hydrogen-bond acceptors (Lipinski definition) is 25. The van der Waals surface area contributed by atoms with Crippen LogP contribution < -0.4 is 47.3 Å². The molecule has 560 valence electrons. The third-order valence-electron chi connectivity index (χ3n) is 14.1. The van der Waals surface area contributed by atoms with E-state index in [9.17, 15) is 28.8 Å². The largest absolute Gasteiger partial charge is 0.494 e. The Balaban J connectivity index is 0.000000347. The SMILES string of the molecule is CNC(=O)c1nnc(Cl)cc1Nc1cccc(-c2ncn(C)n2)c1OC.CNC(=O)c1nnc(N2CCN(CCOC)C2=O)cc1Nc1cccc(-c2ncn(C)n2)c1C.COCCCC(=O)CCCCl.COCCN.COCCN1CCNC1=O.COCCN1CCNC1=O.N#COCCCl. The van der Waals surface area contributed by atoms with Crippen LogP contribution in [0.4, 0.5) is 43.0 Å². The number of nitrogens with one attached hydrogen (secondary N) is 6. The number of nitrogens with two attached hydrogens (primary N) is 1. The third-order valence-corrected chi connectivity index (χ3v) is 14.7. The summed E-state index contributed by atoms with van der Waals surface area (Å²) in [5.41, 5.74) is 9.89. The molecule has 4 aromatic heterocycles. The van der Waals surface area contributed by atoms with Crippen molar-refractivity contribution in [3.05, 3.63) is 83.3 Å². The number of nitrogens with zero attached hydrogens (tertiary/aromatic N) is 15. The average molecular weight is 1490 g/mol. The number of para-hydroxylation sites is 1. The first-order valence-electron chi connectivity index (χ1n) is 32.1. The number of ketones is 1. The molecule has 8 N–H and O–H groups in total. The summed E-state index contributed by atoms with van der Waals surface area (Å²) in [4.78, 5) is 85.3. The fraction of sp³-hybridized carbons (Fsp3) is 0.516. The summed E-state index contributed by atoms with van der Waals surface area (Å²) >= 11 is 16.5. The molecule has 6 aromatic rings. The standard InChI is InChI=1S/C22H27N9O3.C16H16ClN7O2.C8H15ClO2.2C6H12N2O2.C3H4ClNO.C3H9NO/c1-14-15(20-24-13-29(3)28-20)6-5-7-16(14)25-17-12-18(26-27-19(17)21(32)23-2)31-9-8-30(22(31)33)10-11-34-4;1-18-16(25)13-11(7-12(17)21-22-13)20-10-6-4-5-9(14(10)26-3)15-19-8-24(2)23-15;1-11-7-3-5-8(10)4-2-6-9;2*1-10-5-4-8-3-2-7-6(8)9;4-1-2-6-3-5;1-5-3-2-4/h5-7,12-13H,8-11H2,1-4H3,(H,23,32)(H,25,26);4-8H,1-3H3,(H,18,25)(H,20,21);2-7H2,1H3;2*2-5H2,1H3,(H,7,9);1-2H2;2-4H2,1H3. The lowest BCUT2D eigenvalue weighted by Gasteiger charge is -2.19. The predicted octanol–water partition coefficient (Wildman–Crippen LogP) is 5.24. The van der Waals surface area contributed by atoms with Crippen LogP contribution in [0.25, 0.3) is 22.8 Å². The summed E-state index contributed by atoms with van der Waals surface area (Å²) in [6.07, 6.45) is 7.60. The molecule has 0 aliphatic carbocycles. The van der Waals surface area contributed by atoms with Crippen LogP contribution in [0, 0.1) is 18.4 Å². The first-order valence-corrected chi connectivity index (χ1v) is 33.5. The fourth-order valence-electron chi connectivity index (χ4n) is 8.97. The number of nitriles is 1. The predicted molar refractivity (Wildman–Crippen MR) is 386 cm³/mol. The molecule has 38 heteroatoms. The number of hydrogen-bond donors (Lipinski definition) is 7. The van der Waals surface area contributed by atoms with Gasteiger partial charge < -0.3 is 85.5 Å². The lowest BCUT2D eigenvalue weighted by atomic mass is 10.1. The zero-order chi connectivity index (χ0) is 75.2. The van der Waals surface area contributed by atoms with Gasteiger partial charge in [-0.25, -0.2) is 24.4 Å². The molecule has 0 unspecified atom stereocenters. The molecule has 3 aliphatic heterocycles. The molecule has 7 heterocycles. The van der Waals surface area contributed by atoms with Crippen LogP contribution in [-0.2, 0) is 47.3 Å². The van der Waals surface area contributed by atoms with Crippen LogP contribution in [-0.4, -0.2) is 274 Å². The smallest absolute Gasteiger partial charge is 0.325 e. The Bertz CT molecular complexity index is 3520. The van der Waals surface area contributed by atoms with Crippen molar-refractivity contribution in [2.75, 3.05) is 189 Å². The van der Waals surface area contributed by atoms with Crippen LogP contribution in [0.15, 0.2) is 61.2 Å². The summed E-state index contributed by atoms with van der Waals surface area (Å²) in [6, 6.07) is 14.2. The number of aromatic nitrogens is 10. The number of ether oxygens (including phenoxy) is 7. The van der Waals surface area contributed by atoms with E-state index in [1.165, 1.54) is 26.4 Å². The maximum Gasteiger partial charge on any atom is 0.325 e. The van der Waals surface area contributed by atoms with E-state index in [2.05, 4.69) is 81.9 Å². The number of benzene rings is 2. The van der Waals surface area contributed by atoms with Crippen LogP contribution >= 0.6 is 34.8 Å². The van der Waals surface area contributed by atoms with E-state index in [4.69, 9.17) is 69.5 Å². The Hall–Kier alpha value is -9.38. The second-order valence-corrected chi connectivity index (χ2v) is 22.5. The Morgan fingerprint density at radius 2 is 1.13 bits per heavy atom. The van der Waals surface area contributed by atoms with Crippen LogP contribution in [0.5, 0.6) is 5.75 Å². The number of carbonyl (C=O) groups excluding carboxylic acids is 6. The van der Waals surface area contributed by atoms with E-state index >= 15 is 0 Å². The van der Waals surface area contributed by atoms with E-state index in [-0.39, 0.29) is 34.6 Å². The van der Waals surface area contributed by atoms with Crippen molar-refractivity contribution in [2.24, 2.45) is 19.8 Å². The monoisotopic (exact) mass is 1480 g/mol. The number of urea groups is 3. The quantitative estimate of drug-likeness (QED) is 0.0172. The topological polar surface area (TPSA) is 415 Å². The van der Waals surface area contributed by atoms with E-state index in [0.717, 1.165) is 55.8 Å². The Labute approximate surface area is 609 Å². The summed E-state index contributed by atoms with van der Waals surface area (Å²) in [5, 5.41) is 49.3. The maximum absolute atomic E-state index is 12.8. The lowest BCUT2D eigenvalue weighted by Crippen LogP contribution is -2.34. The van der Waals surface area contributed by atoms with Crippen LogP contribution in [0.1, 0.15) is 52.2 Å². The molecule has 0 atom stereocenters. The third kappa shape index (κ3) is 30.1. The van der Waals surface area contributed by atoms with Crippen molar-refractivity contribution < 1.29 is 61.9 Å². The molecule has 0 radical (unpaired) electrons. The number of alkyl halides is 2. The number of aryl methyl sites for hydroxylation is 2. The molecule has 3 aliphatic rings. The van der Waals surface area contributed by atoms with E-state index in [0.29, 0.717) is 155 Å². The molecule has 9 rings (SSSR count). The van der Waals surface area contributed by atoms with Gasteiger partial charge in [-0.15, -0.1) is 43.6 Å². The molecule has 0 saturated carbocycles. The van der Waals surface area contributed by atoms with E-state index in [1.807, 2.05) is 44.3 Å². The van der Waals surface area contributed by atoms with Crippen molar-refractivity contribution in [3.63, 3.8) is 0 Å². The Morgan fingerprint density at radius 3 is 1.59 bits per heavy atom.